The van der Waals surface area contributed by atoms with Crippen LogP contribution < -0.4 is 0 Å². The first-order chi connectivity index (χ1) is 21.7. The van der Waals surface area contributed by atoms with Crippen molar-refractivity contribution < 1.29 is 4.42 Å². The van der Waals surface area contributed by atoms with Crippen molar-refractivity contribution in [1.29, 1.82) is 0 Å². The smallest absolute Gasteiger partial charge is 0.236 e. The molecule has 44 heavy (non-hydrogen) atoms. The lowest BCUT2D eigenvalue weighted by Crippen LogP contribution is -2.03. The number of pyridine rings is 1. The Kier molecular flexibility index (Phi) is 5.26. The second kappa shape index (κ2) is 9.35. The van der Waals surface area contributed by atoms with Crippen LogP contribution in [0.4, 0.5) is 0 Å². The Balaban J connectivity index is 1.52. The van der Waals surface area contributed by atoms with Crippen LogP contribution in [-0.2, 0) is 0 Å². The maximum absolute atomic E-state index is 6.40. The van der Waals surface area contributed by atoms with Gasteiger partial charge in [-0.1, -0.05) is 78.9 Å². The predicted molar refractivity (Wildman–Crippen MR) is 179 cm³/mol. The zero-order valence-corrected chi connectivity index (χ0v) is 24.2. The van der Waals surface area contributed by atoms with Gasteiger partial charge in [-0.3, -0.25) is 9.55 Å². The third-order valence-corrected chi connectivity index (χ3v) is 8.84. The molecule has 0 spiro atoms. The number of aryl methyl sites for hydroxylation is 2. The Morgan fingerprint density at radius 1 is 0.659 bits per heavy atom. The second-order valence-electron chi connectivity index (χ2n) is 11.3. The summed E-state index contributed by atoms with van der Waals surface area (Å²) in [6.07, 6.45) is 3.61. The van der Waals surface area contributed by atoms with E-state index in [1.807, 2.05) is 36.5 Å². The molecule has 208 valence electrons. The van der Waals surface area contributed by atoms with Crippen molar-refractivity contribution in [3.05, 3.63) is 133 Å². The van der Waals surface area contributed by atoms with Crippen molar-refractivity contribution in [1.82, 2.24) is 19.5 Å². The first-order valence-electron chi connectivity index (χ1n) is 14.8. The molecular formula is C39H26N4O. The molecule has 0 saturated heterocycles. The maximum Gasteiger partial charge on any atom is 0.236 e. The number of para-hydroxylation sites is 2. The van der Waals surface area contributed by atoms with Crippen LogP contribution in [0.2, 0.25) is 0 Å². The highest BCUT2D eigenvalue weighted by Gasteiger charge is 2.25. The average molecular weight is 567 g/mol. The molecule has 0 radical (unpaired) electrons. The number of rotatable bonds is 3. The van der Waals surface area contributed by atoms with Gasteiger partial charge in [-0.05, 0) is 71.8 Å². The molecule has 0 aliphatic carbocycles. The molecule has 0 aliphatic heterocycles. The summed E-state index contributed by atoms with van der Waals surface area (Å²) < 4.78 is 8.64. The van der Waals surface area contributed by atoms with Gasteiger partial charge in [0.2, 0.25) is 5.95 Å². The third-order valence-electron chi connectivity index (χ3n) is 8.84. The zero-order valence-electron chi connectivity index (χ0n) is 24.2. The fraction of sp³-hybridized carbons (Fsp3) is 0.0513. The number of aromatic nitrogens is 4. The van der Waals surface area contributed by atoms with E-state index in [4.69, 9.17) is 14.4 Å². The molecule has 4 heterocycles. The molecule has 9 rings (SSSR count). The Hall–Kier alpha value is -5.81. The summed E-state index contributed by atoms with van der Waals surface area (Å²) in [4.78, 5) is 15.0. The summed E-state index contributed by atoms with van der Waals surface area (Å²) in [5, 5.41) is 5.70. The summed E-state index contributed by atoms with van der Waals surface area (Å²) in [7, 11) is 0. The van der Waals surface area contributed by atoms with E-state index in [-0.39, 0.29) is 0 Å². The van der Waals surface area contributed by atoms with Gasteiger partial charge >= 0.3 is 0 Å². The van der Waals surface area contributed by atoms with E-state index >= 15 is 0 Å². The number of furan rings is 1. The van der Waals surface area contributed by atoms with Gasteiger partial charge in [0.25, 0.3) is 0 Å². The average Bonchev–Trinajstić information content (AvgIpc) is 3.62. The molecule has 9 aromatic rings. The minimum Gasteiger partial charge on any atom is -0.452 e. The van der Waals surface area contributed by atoms with Crippen molar-refractivity contribution in [2.75, 3.05) is 0 Å². The Bertz CT molecular complexity index is 2580. The fourth-order valence-electron chi connectivity index (χ4n) is 6.86. The number of benzene rings is 5. The molecule has 5 nitrogen and oxygen atoms in total. The lowest BCUT2D eigenvalue weighted by atomic mass is 9.88. The van der Waals surface area contributed by atoms with Gasteiger partial charge in [0, 0.05) is 39.5 Å². The Labute approximate surface area is 253 Å². The van der Waals surface area contributed by atoms with Crippen LogP contribution in [0.3, 0.4) is 0 Å². The highest BCUT2D eigenvalue weighted by Crippen LogP contribution is 2.46. The summed E-state index contributed by atoms with van der Waals surface area (Å²) in [5.74, 6) is 0.596. The second-order valence-corrected chi connectivity index (χ2v) is 11.3. The highest BCUT2D eigenvalue weighted by molar-refractivity contribution is 6.25. The van der Waals surface area contributed by atoms with Gasteiger partial charge < -0.3 is 4.42 Å². The molecule has 5 aromatic carbocycles. The summed E-state index contributed by atoms with van der Waals surface area (Å²) >= 11 is 0. The van der Waals surface area contributed by atoms with Crippen LogP contribution in [0.1, 0.15) is 11.1 Å². The fourth-order valence-corrected chi connectivity index (χ4v) is 6.86. The molecule has 0 N–H and O–H groups in total. The predicted octanol–water partition coefficient (Wildman–Crippen LogP) is 9.97. The van der Waals surface area contributed by atoms with Crippen molar-refractivity contribution in [2.24, 2.45) is 0 Å². The van der Waals surface area contributed by atoms with Crippen LogP contribution in [0.25, 0.3) is 83.0 Å². The van der Waals surface area contributed by atoms with Crippen LogP contribution in [0, 0.1) is 13.8 Å². The van der Waals surface area contributed by atoms with E-state index < -0.39 is 0 Å². The van der Waals surface area contributed by atoms with E-state index in [9.17, 15) is 0 Å². The number of hydrogen-bond donors (Lipinski definition) is 0. The van der Waals surface area contributed by atoms with Crippen molar-refractivity contribution >= 4 is 54.6 Å². The lowest BCUT2D eigenvalue weighted by molar-refractivity contribution is 0.666. The molecular weight excluding hydrogens is 540 g/mol. The number of hydrogen-bond acceptors (Lipinski definition) is 4. The van der Waals surface area contributed by atoms with E-state index in [1.165, 1.54) is 38.4 Å². The molecule has 0 fully saturated rings. The summed E-state index contributed by atoms with van der Waals surface area (Å²) in [6.45, 7) is 4.44. The van der Waals surface area contributed by atoms with Crippen molar-refractivity contribution in [2.45, 2.75) is 13.8 Å². The molecule has 0 aliphatic rings. The molecule has 0 saturated carbocycles. The highest BCUT2D eigenvalue weighted by atomic mass is 16.3. The van der Waals surface area contributed by atoms with Gasteiger partial charge in [-0.25, -0.2) is 9.97 Å². The molecule has 0 unspecified atom stereocenters. The van der Waals surface area contributed by atoms with Gasteiger partial charge in [0.1, 0.15) is 16.8 Å². The van der Waals surface area contributed by atoms with Crippen LogP contribution >= 0.6 is 0 Å². The minimum absolute atomic E-state index is 0.596. The zero-order chi connectivity index (χ0) is 29.4. The van der Waals surface area contributed by atoms with E-state index in [2.05, 4.69) is 102 Å². The summed E-state index contributed by atoms with van der Waals surface area (Å²) in [5.41, 5.74) is 10.9. The minimum atomic E-state index is 0.596. The number of nitrogens with zero attached hydrogens (tertiary/aromatic N) is 4. The van der Waals surface area contributed by atoms with E-state index in [0.29, 0.717) is 11.5 Å². The van der Waals surface area contributed by atoms with Gasteiger partial charge in [-0.2, -0.15) is 0 Å². The largest absolute Gasteiger partial charge is 0.452 e. The van der Waals surface area contributed by atoms with Crippen molar-refractivity contribution in [3.8, 4) is 28.3 Å². The van der Waals surface area contributed by atoms with Gasteiger partial charge in [-0.15, -0.1) is 0 Å². The van der Waals surface area contributed by atoms with Crippen LogP contribution in [-0.4, -0.2) is 19.5 Å². The first kappa shape index (κ1) is 24.8. The topological polar surface area (TPSA) is 56.7 Å². The standard InChI is InChI=1S/C39H26N4O/c1-23-12-3-4-14-26(23)33-24(2)27-15-5-6-16-28(27)37-34(33)29-17-7-9-19-31(29)43(37)39-41-35(25-13-11-21-40-22-25)38-36(42-39)30-18-8-10-20-32(30)44-38/h3-22H,1-2H3. The van der Waals surface area contributed by atoms with Crippen molar-refractivity contribution in [3.63, 3.8) is 0 Å². The Morgan fingerprint density at radius 2 is 1.39 bits per heavy atom. The molecule has 5 heteroatoms. The summed E-state index contributed by atoms with van der Waals surface area (Å²) in [6, 6.07) is 37.9. The van der Waals surface area contributed by atoms with E-state index in [1.54, 1.807) is 6.20 Å². The quantitative estimate of drug-likeness (QED) is 0.214. The molecule has 0 amide bonds. The van der Waals surface area contributed by atoms with Gasteiger partial charge in [0.15, 0.2) is 5.58 Å². The van der Waals surface area contributed by atoms with Gasteiger partial charge in [0.05, 0.1) is 11.0 Å². The normalized spacial score (nSPS) is 11.9. The van der Waals surface area contributed by atoms with E-state index in [0.717, 1.165) is 44.2 Å². The maximum atomic E-state index is 6.40. The molecule has 4 aromatic heterocycles. The SMILES string of the molecule is Cc1ccccc1-c1c(C)c2ccccc2c2c1c1ccccc1n2-c1nc(-c2cccnc2)c2oc3ccccc3c2n1. The lowest BCUT2D eigenvalue weighted by Gasteiger charge is -2.16. The van der Waals surface area contributed by atoms with Crippen LogP contribution in [0.5, 0.6) is 0 Å². The first-order valence-corrected chi connectivity index (χ1v) is 14.8. The monoisotopic (exact) mass is 566 g/mol. The molecule has 0 bridgehead atoms. The third kappa shape index (κ3) is 3.44. The van der Waals surface area contributed by atoms with Crippen LogP contribution in [0.15, 0.2) is 126 Å². The number of fused-ring (bicyclic) bond motifs is 8. The Morgan fingerprint density at radius 3 is 2.20 bits per heavy atom. The molecule has 0 atom stereocenters.